The van der Waals surface area contributed by atoms with Crippen LogP contribution in [0, 0.1) is 6.92 Å². The van der Waals surface area contributed by atoms with E-state index in [1.807, 2.05) is 24.3 Å². The Morgan fingerprint density at radius 2 is 1.78 bits per heavy atom. The van der Waals surface area contributed by atoms with Crippen molar-refractivity contribution in [2.75, 3.05) is 4.90 Å². The lowest BCUT2D eigenvalue weighted by molar-refractivity contribution is -0.127. The van der Waals surface area contributed by atoms with E-state index in [9.17, 15) is 14.4 Å². The minimum Gasteiger partial charge on any atom is -0.464 e. The van der Waals surface area contributed by atoms with E-state index < -0.39 is 6.04 Å². The molecule has 2 heterocycles. The Morgan fingerprint density at radius 3 is 2.46 bits per heavy atom. The number of anilines is 1. The normalized spacial score (nSPS) is 14.5. The molecule has 1 N–H and O–H groups in total. The number of ketones is 1. The zero-order chi connectivity index (χ0) is 25.9. The second-order valence-corrected chi connectivity index (χ2v) is 9.44. The molecule has 5 rings (SSSR count). The van der Waals surface area contributed by atoms with Crippen molar-refractivity contribution in [1.82, 2.24) is 20.3 Å². The van der Waals surface area contributed by atoms with E-state index in [2.05, 4.69) is 15.6 Å². The van der Waals surface area contributed by atoms with Gasteiger partial charge in [0.1, 0.15) is 23.6 Å². The van der Waals surface area contributed by atoms with Gasteiger partial charge in [-0.15, -0.1) is 5.10 Å². The fraction of sp³-hybridized carbons (Fsp3) is 0.321. The molecule has 1 aliphatic carbocycles. The van der Waals surface area contributed by atoms with Gasteiger partial charge in [-0.2, -0.15) is 0 Å². The van der Waals surface area contributed by atoms with Gasteiger partial charge in [0, 0.05) is 17.3 Å². The van der Waals surface area contributed by atoms with Crippen molar-refractivity contribution in [3.05, 3.63) is 77.7 Å². The maximum Gasteiger partial charge on any atom is 0.251 e. The lowest BCUT2D eigenvalue weighted by atomic mass is 10.1. The van der Waals surface area contributed by atoms with E-state index in [-0.39, 0.29) is 30.2 Å². The molecule has 9 heteroatoms. The van der Waals surface area contributed by atoms with Crippen LogP contribution in [0.25, 0.3) is 11.0 Å². The number of para-hydroxylation sites is 1. The summed E-state index contributed by atoms with van der Waals surface area (Å²) in [5, 5.41) is 11.4. The molecule has 37 heavy (non-hydrogen) atoms. The Kier molecular flexibility index (Phi) is 6.85. The first-order valence-corrected chi connectivity index (χ1v) is 12.5. The van der Waals surface area contributed by atoms with Gasteiger partial charge in [-0.05, 0) is 75.2 Å². The molecule has 0 saturated heterocycles. The Balaban J connectivity index is 1.56. The Morgan fingerprint density at radius 1 is 1.05 bits per heavy atom. The topological polar surface area (TPSA) is 110 Å². The minimum atomic E-state index is -1.04. The monoisotopic (exact) mass is 499 g/mol. The lowest BCUT2D eigenvalue weighted by Crippen LogP contribution is -2.47. The van der Waals surface area contributed by atoms with Crippen molar-refractivity contribution >= 4 is 34.3 Å². The van der Waals surface area contributed by atoms with Crippen molar-refractivity contribution in [3.63, 3.8) is 0 Å². The third-order valence-electron chi connectivity index (χ3n) is 6.76. The van der Waals surface area contributed by atoms with E-state index >= 15 is 0 Å². The smallest absolute Gasteiger partial charge is 0.251 e. The first-order valence-electron chi connectivity index (χ1n) is 12.5. The summed E-state index contributed by atoms with van der Waals surface area (Å²) < 4.78 is 7.43. The maximum atomic E-state index is 14.0. The molecular formula is C28H29N5O4. The van der Waals surface area contributed by atoms with Gasteiger partial charge in [-0.3, -0.25) is 19.3 Å². The van der Waals surface area contributed by atoms with Gasteiger partial charge in [0.2, 0.25) is 5.91 Å². The molecule has 1 saturated carbocycles. The Labute approximate surface area is 214 Å². The summed E-state index contributed by atoms with van der Waals surface area (Å²) in [7, 11) is 0. The number of carbonyl (C=O) groups is 3. The van der Waals surface area contributed by atoms with Crippen LogP contribution >= 0.6 is 0 Å². The van der Waals surface area contributed by atoms with Crippen LogP contribution in [0.3, 0.4) is 0 Å². The molecule has 1 aliphatic rings. The third-order valence-corrected chi connectivity index (χ3v) is 6.76. The minimum absolute atomic E-state index is 0.0577. The van der Waals surface area contributed by atoms with Crippen molar-refractivity contribution < 1.29 is 18.8 Å². The van der Waals surface area contributed by atoms with E-state index in [1.54, 1.807) is 43.3 Å². The molecule has 0 spiro atoms. The SMILES string of the molecule is CC(=O)c1ccc(N(C(=O)Cn2nnc3ccccc32)[C@H](C(=O)NC2CCCC2)c2ccc(C)o2)cc1. The number of hydrogen-bond acceptors (Lipinski definition) is 6. The highest BCUT2D eigenvalue weighted by atomic mass is 16.3. The molecule has 9 nitrogen and oxygen atoms in total. The molecule has 190 valence electrons. The van der Waals surface area contributed by atoms with Gasteiger partial charge in [-0.25, -0.2) is 4.68 Å². The Bertz CT molecular complexity index is 1430. The van der Waals surface area contributed by atoms with Crippen LogP contribution in [0.1, 0.15) is 60.5 Å². The van der Waals surface area contributed by atoms with E-state index in [1.165, 1.54) is 16.5 Å². The number of hydrogen-bond donors (Lipinski definition) is 1. The van der Waals surface area contributed by atoms with Gasteiger partial charge in [0.15, 0.2) is 11.8 Å². The first kappa shape index (κ1) is 24.4. The van der Waals surface area contributed by atoms with Crippen LogP contribution in [0.4, 0.5) is 5.69 Å². The number of nitrogens with one attached hydrogen (secondary N) is 1. The second kappa shape index (κ2) is 10.4. The van der Waals surface area contributed by atoms with E-state index in [0.29, 0.717) is 33.8 Å². The molecular weight excluding hydrogens is 470 g/mol. The number of amides is 2. The van der Waals surface area contributed by atoms with Crippen LogP contribution in [-0.2, 0) is 16.1 Å². The van der Waals surface area contributed by atoms with Crippen LogP contribution in [0.15, 0.2) is 65.1 Å². The average Bonchev–Trinajstić information content (AvgIpc) is 3.65. The second-order valence-electron chi connectivity index (χ2n) is 9.44. The highest BCUT2D eigenvalue weighted by molar-refractivity contribution is 6.02. The number of carbonyl (C=O) groups excluding carboxylic acids is 3. The number of furan rings is 1. The number of Topliss-reactive ketones (excluding diaryl/α,β-unsaturated/α-hetero) is 1. The molecule has 0 bridgehead atoms. The number of aryl methyl sites for hydroxylation is 1. The van der Waals surface area contributed by atoms with Gasteiger partial charge in [0.25, 0.3) is 5.91 Å². The predicted octanol–water partition coefficient (Wildman–Crippen LogP) is 4.37. The molecule has 2 aromatic carbocycles. The molecule has 0 radical (unpaired) electrons. The summed E-state index contributed by atoms with van der Waals surface area (Å²) in [4.78, 5) is 41.1. The zero-order valence-electron chi connectivity index (χ0n) is 20.9. The fourth-order valence-electron chi connectivity index (χ4n) is 4.86. The molecule has 2 amide bonds. The number of fused-ring (bicyclic) bond motifs is 1. The van der Waals surface area contributed by atoms with Crippen molar-refractivity contribution in [3.8, 4) is 0 Å². The van der Waals surface area contributed by atoms with Crippen molar-refractivity contribution in [2.45, 2.75) is 58.2 Å². The van der Waals surface area contributed by atoms with Gasteiger partial charge in [-0.1, -0.05) is 30.2 Å². The van der Waals surface area contributed by atoms with E-state index in [4.69, 9.17) is 4.42 Å². The van der Waals surface area contributed by atoms with Crippen LogP contribution < -0.4 is 10.2 Å². The lowest BCUT2D eigenvalue weighted by Gasteiger charge is -2.31. The molecule has 4 aromatic rings. The summed E-state index contributed by atoms with van der Waals surface area (Å²) in [6.07, 6.45) is 3.93. The van der Waals surface area contributed by atoms with Gasteiger partial charge in [0.05, 0.1) is 5.52 Å². The zero-order valence-corrected chi connectivity index (χ0v) is 20.9. The summed E-state index contributed by atoms with van der Waals surface area (Å²) in [6, 6.07) is 16.6. The summed E-state index contributed by atoms with van der Waals surface area (Å²) in [5.74, 6) is 0.229. The third kappa shape index (κ3) is 5.16. The molecule has 1 atom stereocenters. The first-order chi connectivity index (χ1) is 17.9. The average molecular weight is 500 g/mol. The van der Waals surface area contributed by atoms with Crippen LogP contribution in [-0.4, -0.2) is 38.6 Å². The molecule has 1 fully saturated rings. The van der Waals surface area contributed by atoms with Gasteiger partial charge >= 0.3 is 0 Å². The van der Waals surface area contributed by atoms with Gasteiger partial charge < -0.3 is 9.73 Å². The number of rotatable bonds is 8. The fourth-order valence-corrected chi connectivity index (χ4v) is 4.86. The highest BCUT2D eigenvalue weighted by Gasteiger charge is 2.36. The summed E-state index contributed by atoms with van der Waals surface area (Å²) in [6.45, 7) is 3.14. The molecule has 0 unspecified atom stereocenters. The maximum absolute atomic E-state index is 14.0. The number of aromatic nitrogens is 3. The quantitative estimate of drug-likeness (QED) is 0.361. The number of nitrogens with zero attached hydrogens (tertiary/aromatic N) is 4. The van der Waals surface area contributed by atoms with Crippen molar-refractivity contribution in [2.24, 2.45) is 0 Å². The van der Waals surface area contributed by atoms with Crippen molar-refractivity contribution in [1.29, 1.82) is 0 Å². The molecule has 0 aliphatic heterocycles. The standard InChI is InChI=1S/C28H29N5O4/c1-18-11-16-25(37-18)27(28(36)29-21-7-3-4-8-21)33(22-14-12-20(13-15-22)19(2)34)26(35)17-32-24-10-6-5-9-23(24)30-31-32/h5-6,9-16,21,27H,3-4,7-8,17H2,1-2H3,(H,29,36)/t27-/m0/s1. The number of benzene rings is 2. The predicted molar refractivity (Wildman–Crippen MR) is 138 cm³/mol. The highest BCUT2D eigenvalue weighted by Crippen LogP contribution is 2.31. The van der Waals surface area contributed by atoms with Crippen LogP contribution in [0.5, 0.6) is 0 Å². The largest absolute Gasteiger partial charge is 0.464 e. The Hall–Kier alpha value is -4.27. The summed E-state index contributed by atoms with van der Waals surface area (Å²) in [5.41, 5.74) is 2.37. The van der Waals surface area contributed by atoms with E-state index in [0.717, 1.165) is 25.7 Å². The molecule has 2 aromatic heterocycles. The summed E-state index contributed by atoms with van der Waals surface area (Å²) >= 11 is 0. The van der Waals surface area contributed by atoms with Crippen LogP contribution in [0.2, 0.25) is 0 Å².